The lowest BCUT2D eigenvalue weighted by Crippen LogP contribution is -2.67. The molecule has 6 atom stereocenters. The van der Waals surface area contributed by atoms with Crippen molar-refractivity contribution in [3.05, 3.63) is 35.4 Å². The zero-order chi connectivity index (χ0) is 32.5. The minimum absolute atomic E-state index is 0.113. The molecule has 0 unspecified atom stereocenters. The Hall–Kier alpha value is -3.25. The van der Waals surface area contributed by atoms with E-state index in [2.05, 4.69) is 15.5 Å². The summed E-state index contributed by atoms with van der Waals surface area (Å²) in [5.74, 6) is -1.43. The van der Waals surface area contributed by atoms with Crippen molar-refractivity contribution in [2.45, 2.75) is 102 Å². The third-order valence-electron chi connectivity index (χ3n) is 9.68. The van der Waals surface area contributed by atoms with E-state index < -0.39 is 53.8 Å². The van der Waals surface area contributed by atoms with Gasteiger partial charge in [-0.1, -0.05) is 24.3 Å². The van der Waals surface area contributed by atoms with Crippen molar-refractivity contribution in [3.8, 4) is 0 Å². The van der Waals surface area contributed by atoms with Gasteiger partial charge in [0.15, 0.2) is 0 Å². The zero-order valence-electron chi connectivity index (χ0n) is 27.1. The van der Waals surface area contributed by atoms with Crippen LogP contribution in [-0.4, -0.2) is 114 Å². The van der Waals surface area contributed by atoms with Gasteiger partial charge < -0.3 is 25.0 Å². The number of carbonyl (C=O) groups excluding carboxylic acids is 4. The van der Waals surface area contributed by atoms with Gasteiger partial charge in [-0.15, -0.1) is 0 Å². The molecule has 0 saturated carbocycles. The van der Waals surface area contributed by atoms with Gasteiger partial charge in [0.2, 0.25) is 17.7 Å². The van der Waals surface area contributed by atoms with E-state index in [-0.39, 0.29) is 24.3 Å². The van der Waals surface area contributed by atoms with E-state index in [9.17, 15) is 19.2 Å². The molecule has 2 N–H and O–H groups in total. The summed E-state index contributed by atoms with van der Waals surface area (Å²) < 4.78 is 26.2. The van der Waals surface area contributed by atoms with Gasteiger partial charge in [-0.05, 0) is 77.0 Å². The number of nitrogens with one attached hydrogen (secondary N) is 2. The number of amides is 4. The third kappa shape index (κ3) is 7.43. The Morgan fingerprint density at radius 2 is 1.80 bits per heavy atom. The molecule has 4 aliphatic rings. The predicted octanol–water partition coefficient (Wildman–Crippen LogP) is 2.58. The van der Waals surface area contributed by atoms with E-state index in [1.54, 1.807) is 32.6 Å². The van der Waals surface area contributed by atoms with Gasteiger partial charge in [0.1, 0.15) is 29.9 Å². The van der Waals surface area contributed by atoms with Crippen LogP contribution in [0, 0.1) is 5.92 Å². The molecule has 3 fully saturated rings. The van der Waals surface area contributed by atoms with Crippen LogP contribution in [0.4, 0.5) is 9.18 Å². The first kappa shape index (κ1) is 33.1. The third-order valence-corrected chi connectivity index (χ3v) is 9.68. The quantitative estimate of drug-likeness (QED) is 0.476. The average Bonchev–Trinajstić information content (AvgIpc) is 3.60. The van der Waals surface area contributed by atoms with Crippen molar-refractivity contribution in [2.24, 2.45) is 5.92 Å². The van der Waals surface area contributed by atoms with Crippen LogP contribution in [0.25, 0.3) is 0 Å². The molecule has 1 aromatic rings. The molecular weight excluding hydrogens is 581 g/mol. The second-order valence-electron chi connectivity index (χ2n) is 13.9. The average molecular weight is 630 g/mol. The molecule has 5 rings (SSSR count). The van der Waals surface area contributed by atoms with E-state index in [0.717, 1.165) is 30.5 Å². The van der Waals surface area contributed by atoms with Crippen LogP contribution in [0.5, 0.6) is 0 Å². The summed E-state index contributed by atoms with van der Waals surface area (Å²) in [6.45, 7) is 9.28. The van der Waals surface area contributed by atoms with Gasteiger partial charge in [-0.3, -0.25) is 24.2 Å². The SMILES string of the molecule is C[C@@H](C(=O)N[C@H](C(=O)N1C[C@H]2CCCN2C[C@H]1C(=O)N[C@H]1c2ccccc2C[C@@H]1F)C1CCOCC1)N(C)C(=O)OC(C)(C)C. The van der Waals surface area contributed by atoms with Gasteiger partial charge in [-0.25, -0.2) is 9.18 Å². The number of benzene rings is 1. The summed E-state index contributed by atoms with van der Waals surface area (Å²) in [6.07, 6.45) is 1.34. The van der Waals surface area contributed by atoms with Crippen LogP contribution in [-0.2, 0) is 30.3 Å². The summed E-state index contributed by atoms with van der Waals surface area (Å²) in [5, 5.41) is 5.90. The second-order valence-corrected chi connectivity index (χ2v) is 13.9. The number of alkyl halides is 1. The number of nitrogens with zero attached hydrogens (tertiary/aromatic N) is 3. The van der Waals surface area contributed by atoms with E-state index in [4.69, 9.17) is 9.47 Å². The molecule has 11 nitrogen and oxygen atoms in total. The first-order valence-electron chi connectivity index (χ1n) is 16.2. The summed E-state index contributed by atoms with van der Waals surface area (Å²) in [6, 6.07) is 4.08. The molecule has 0 aromatic heterocycles. The number of ether oxygens (including phenoxy) is 2. The Bertz CT molecular complexity index is 1270. The van der Waals surface area contributed by atoms with E-state index >= 15 is 4.39 Å². The van der Waals surface area contributed by atoms with Crippen LogP contribution in [0.2, 0.25) is 0 Å². The standard InChI is InChI=1S/C33H48FN5O6/c1-20(37(5)32(43)45-33(2,3)4)29(40)35-27(21-12-15-44-16-13-21)31(42)39-18-23-10-8-14-38(23)19-26(39)30(41)36-28-24-11-7-6-9-22(24)17-25(28)34/h6-7,9,11,20-21,23,25-28H,8,10,12-19H2,1-5H3,(H,35,40)(H,36,41)/t20-,23+,25-,26-,27-,28-/m0/s1. The maximum absolute atomic E-state index is 15.2. The lowest BCUT2D eigenvalue weighted by molar-refractivity contribution is -0.150. The topological polar surface area (TPSA) is 121 Å². The van der Waals surface area contributed by atoms with Gasteiger partial charge >= 0.3 is 6.09 Å². The first-order chi connectivity index (χ1) is 21.3. The molecule has 3 saturated heterocycles. The number of fused-ring (bicyclic) bond motifs is 2. The van der Waals surface area contributed by atoms with E-state index in [0.29, 0.717) is 39.1 Å². The van der Waals surface area contributed by atoms with Crippen molar-refractivity contribution < 1.29 is 33.0 Å². The van der Waals surface area contributed by atoms with Crippen molar-refractivity contribution in [2.75, 3.05) is 39.9 Å². The molecule has 1 aromatic carbocycles. The van der Waals surface area contributed by atoms with Crippen molar-refractivity contribution >= 4 is 23.8 Å². The van der Waals surface area contributed by atoms with Gasteiger partial charge in [0, 0.05) is 45.8 Å². The fraction of sp³-hybridized carbons (Fsp3) is 0.697. The predicted molar refractivity (Wildman–Crippen MR) is 165 cm³/mol. The normalized spacial score (nSPS) is 26.8. The largest absolute Gasteiger partial charge is 0.444 e. The van der Waals surface area contributed by atoms with Crippen LogP contribution in [0.1, 0.15) is 70.5 Å². The number of hydrogen-bond donors (Lipinski definition) is 2. The molecule has 4 amide bonds. The highest BCUT2D eigenvalue weighted by molar-refractivity contribution is 5.94. The minimum Gasteiger partial charge on any atom is -0.444 e. The molecule has 3 aliphatic heterocycles. The summed E-state index contributed by atoms with van der Waals surface area (Å²) in [7, 11) is 1.49. The van der Waals surface area contributed by atoms with Crippen molar-refractivity contribution in [1.82, 2.24) is 25.3 Å². The number of carbonyl (C=O) groups is 4. The number of rotatable bonds is 7. The number of piperazine rings is 1. The maximum atomic E-state index is 15.2. The van der Waals surface area contributed by atoms with Gasteiger partial charge in [-0.2, -0.15) is 0 Å². The number of hydrogen-bond acceptors (Lipinski definition) is 7. The smallest absolute Gasteiger partial charge is 0.410 e. The van der Waals surface area contributed by atoms with Gasteiger partial charge in [0.25, 0.3) is 0 Å². The summed E-state index contributed by atoms with van der Waals surface area (Å²) >= 11 is 0. The van der Waals surface area contributed by atoms with Gasteiger partial charge in [0.05, 0.1) is 6.04 Å². The summed E-state index contributed by atoms with van der Waals surface area (Å²) in [5.41, 5.74) is 0.906. The molecule has 12 heteroatoms. The lowest BCUT2D eigenvalue weighted by atomic mass is 9.89. The molecule has 45 heavy (non-hydrogen) atoms. The molecule has 1 aliphatic carbocycles. The number of likely N-dealkylation sites (N-methyl/N-ethyl adjacent to an activating group) is 1. The van der Waals surface area contributed by atoms with Crippen LogP contribution < -0.4 is 10.6 Å². The first-order valence-corrected chi connectivity index (χ1v) is 16.2. The Morgan fingerprint density at radius 1 is 1.09 bits per heavy atom. The monoisotopic (exact) mass is 629 g/mol. The second kappa shape index (κ2) is 13.6. The Morgan fingerprint density at radius 3 is 2.51 bits per heavy atom. The van der Waals surface area contributed by atoms with Crippen LogP contribution in [0.3, 0.4) is 0 Å². The Labute approximate surface area is 265 Å². The van der Waals surface area contributed by atoms with Crippen LogP contribution >= 0.6 is 0 Å². The fourth-order valence-electron chi connectivity index (χ4n) is 7.00. The zero-order valence-corrected chi connectivity index (χ0v) is 27.1. The maximum Gasteiger partial charge on any atom is 0.410 e. The highest BCUT2D eigenvalue weighted by Gasteiger charge is 2.46. The minimum atomic E-state index is -1.25. The molecular formula is C33H48FN5O6. The molecule has 0 bridgehead atoms. The van der Waals surface area contributed by atoms with E-state index in [1.807, 2.05) is 24.3 Å². The number of halogens is 1. The van der Waals surface area contributed by atoms with Crippen LogP contribution in [0.15, 0.2) is 24.3 Å². The molecule has 248 valence electrons. The van der Waals surface area contributed by atoms with Crippen molar-refractivity contribution in [1.29, 1.82) is 0 Å². The highest BCUT2D eigenvalue weighted by atomic mass is 19.1. The Kier molecular flexibility index (Phi) is 10.0. The summed E-state index contributed by atoms with van der Waals surface area (Å²) in [4.78, 5) is 59.8. The molecule has 3 heterocycles. The highest BCUT2D eigenvalue weighted by Crippen LogP contribution is 2.34. The lowest BCUT2D eigenvalue weighted by Gasteiger charge is -2.45. The molecule has 0 spiro atoms. The Balaban J connectivity index is 1.37. The molecule has 0 radical (unpaired) electrons. The fourth-order valence-corrected chi connectivity index (χ4v) is 7.00. The van der Waals surface area contributed by atoms with E-state index in [1.165, 1.54) is 11.9 Å². The van der Waals surface area contributed by atoms with Crippen molar-refractivity contribution in [3.63, 3.8) is 0 Å².